The van der Waals surface area contributed by atoms with Crippen LogP contribution in [-0.2, 0) is 6.54 Å². The number of aromatic nitrogens is 4. The van der Waals surface area contributed by atoms with Gasteiger partial charge in [-0.2, -0.15) is 0 Å². The number of nitrogens with two attached hydrogens (primary N) is 1. The van der Waals surface area contributed by atoms with E-state index in [9.17, 15) is 0 Å². The van der Waals surface area contributed by atoms with Crippen LogP contribution in [0.5, 0.6) is 0 Å². The summed E-state index contributed by atoms with van der Waals surface area (Å²) < 4.78 is 0. The van der Waals surface area contributed by atoms with Crippen LogP contribution in [0.2, 0.25) is 0 Å². The minimum Gasteiger partial charge on any atom is -0.399 e. The van der Waals surface area contributed by atoms with E-state index in [0.29, 0.717) is 6.54 Å². The number of fused-ring (bicyclic) bond motifs is 1. The molecule has 0 aliphatic heterocycles. The van der Waals surface area contributed by atoms with Crippen LogP contribution in [0, 0.1) is 0 Å². The third-order valence-corrected chi connectivity index (χ3v) is 3.82. The molecule has 0 saturated carbocycles. The number of aromatic amines is 1. The number of pyridine rings is 1. The van der Waals surface area contributed by atoms with E-state index < -0.39 is 0 Å². The van der Waals surface area contributed by atoms with Gasteiger partial charge in [-0.15, -0.1) is 0 Å². The fourth-order valence-electron chi connectivity index (χ4n) is 2.66. The Bertz CT molecular complexity index is 991. The lowest BCUT2D eigenvalue weighted by Crippen LogP contribution is -2.02. The molecule has 1 aromatic carbocycles. The first-order valence-electron chi connectivity index (χ1n) is 7.62. The second-order valence-corrected chi connectivity index (χ2v) is 5.49. The van der Waals surface area contributed by atoms with Gasteiger partial charge in [-0.1, -0.05) is 12.1 Å². The zero-order chi connectivity index (χ0) is 16.4. The number of H-pyrrole nitrogens is 1. The van der Waals surface area contributed by atoms with Crippen molar-refractivity contribution in [2.24, 2.45) is 0 Å². The monoisotopic (exact) mass is 316 g/mol. The molecule has 4 rings (SSSR count). The van der Waals surface area contributed by atoms with E-state index >= 15 is 0 Å². The number of anilines is 2. The lowest BCUT2D eigenvalue weighted by Gasteiger charge is -2.07. The molecule has 0 aliphatic rings. The fourth-order valence-corrected chi connectivity index (χ4v) is 2.66. The molecular formula is C18H16N6. The second-order valence-electron chi connectivity index (χ2n) is 5.49. The molecule has 0 atom stereocenters. The standard InChI is InChI=1S/C18H16N6/c19-13-4-1-3-12(7-13)9-21-17-8-16(23-11-24-17)15-10-22-18-14(15)5-2-6-20-18/h1-8,10-11H,9,19H2,(H,20,22)(H,21,23,24). The Morgan fingerprint density at radius 2 is 2.00 bits per heavy atom. The summed E-state index contributed by atoms with van der Waals surface area (Å²) in [4.78, 5) is 16.1. The van der Waals surface area contributed by atoms with E-state index in [0.717, 1.165) is 39.4 Å². The Kier molecular flexibility index (Phi) is 3.55. The van der Waals surface area contributed by atoms with Gasteiger partial charge in [0.25, 0.3) is 0 Å². The summed E-state index contributed by atoms with van der Waals surface area (Å²) in [5.74, 6) is 0.765. The summed E-state index contributed by atoms with van der Waals surface area (Å²) in [5.41, 5.74) is 10.4. The molecule has 0 unspecified atom stereocenters. The Morgan fingerprint density at radius 3 is 2.92 bits per heavy atom. The van der Waals surface area contributed by atoms with Crippen molar-refractivity contribution in [3.05, 3.63) is 66.7 Å². The van der Waals surface area contributed by atoms with Crippen LogP contribution in [0.4, 0.5) is 11.5 Å². The first kappa shape index (κ1) is 14.2. The molecule has 6 nitrogen and oxygen atoms in total. The van der Waals surface area contributed by atoms with Crippen LogP contribution < -0.4 is 11.1 Å². The largest absolute Gasteiger partial charge is 0.399 e. The first-order chi connectivity index (χ1) is 11.8. The highest BCUT2D eigenvalue weighted by Crippen LogP contribution is 2.26. The molecule has 0 saturated heterocycles. The molecule has 0 amide bonds. The summed E-state index contributed by atoms with van der Waals surface area (Å²) in [7, 11) is 0. The second kappa shape index (κ2) is 6.00. The predicted molar refractivity (Wildman–Crippen MR) is 95.3 cm³/mol. The molecular weight excluding hydrogens is 300 g/mol. The summed E-state index contributed by atoms with van der Waals surface area (Å²) in [6, 6.07) is 13.7. The van der Waals surface area contributed by atoms with Gasteiger partial charge in [-0.25, -0.2) is 15.0 Å². The molecule has 24 heavy (non-hydrogen) atoms. The van der Waals surface area contributed by atoms with Crippen molar-refractivity contribution >= 4 is 22.5 Å². The van der Waals surface area contributed by atoms with Crippen LogP contribution >= 0.6 is 0 Å². The maximum atomic E-state index is 5.81. The first-order valence-corrected chi connectivity index (χ1v) is 7.62. The van der Waals surface area contributed by atoms with Gasteiger partial charge in [0, 0.05) is 41.6 Å². The van der Waals surface area contributed by atoms with E-state index in [1.54, 1.807) is 12.5 Å². The maximum absolute atomic E-state index is 5.81. The number of nitrogens with zero attached hydrogens (tertiary/aromatic N) is 3. The van der Waals surface area contributed by atoms with E-state index in [-0.39, 0.29) is 0 Å². The summed E-state index contributed by atoms with van der Waals surface area (Å²) in [6.07, 6.45) is 5.25. The highest BCUT2D eigenvalue weighted by Gasteiger charge is 2.08. The third-order valence-electron chi connectivity index (χ3n) is 3.82. The summed E-state index contributed by atoms with van der Waals surface area (Å²) >= 11 is 0. The Labute approximate surface area is 138 Å². The molecule has 0 radical (unpaired) electrons. The van der Waals surface area contributed by atoms with Gasteiger partial charge in [0.2, 0.25) is 0 Å². The molecule has 0 aliphatic carbocycles. The van der Waals surface area contributed by atoms with Crippen molar-refractivity contribution in [3.63, 3.8) is 0 Å². The highest BCUT2D eigenvalue weighted by atomic mass is 15.0. The zero-order valence-corrected chi connectivity index (χ0v) is 12.9. The van der Waals surface area contributed by atoms with Crippen molar-refractivity contribution in [2.45, 2.75) is 6.54 Å². The molecule has 0 fully saturated rings. The minimum atomic E-state index is 0.650. The predicted octanol–water partition coefficient (Wildman–Crippen LogP) is 3.21. The minimum absolute atomic E-state index is 0.650. The highest BCUT2D eigenvalue weighted by molar-refractivity contribution is 5.92. The Morgan fingerprint density at radius 1 is 1.04 bits per heavy atom. The number of nitrogens with one attached hydrogen (secondary N) is 2. The quantitative estimate of drug-likeness (QED) is 0.503. The molecule has 4 N–H and O–H groups in total. The van der Waals surface area contributed by atoms with Gasteiger partial charge >= 0.3 is 0 Å². The molecule has 0 spiro atoms. The molecule has 118 valence electrons. The maximum Gasteiger partial charge on any atom is 0.137 e. The molecule has 3 heterocycles. The van der Waals surface area contributed by atoms with Gasteiger partial charge < -0.3 is 16.0 Å². The average molecular weight is 316 g/mol. The van der Waals surface area contributed by atoms with Crippen molar-refractivity contribution in [3.8, 4) is 11.3 Å². The van der Waals surface area contributed by atoms with Crippen molar-refractivity contribution < 1.29 is 0 Å². The van der Waals surface area contributed by atoms with Crippen molar-refractivity contribution in [2.75, 3.05) is 11.1 Å². The van der Waals surface area contributed by atoms with E-state index in [1.165, 1.54) is 0 Å². The van der Waals surface area contributed by atoms with Gasteiger partial charge in [0.15, 0.2) is 0 Å². The molecule has 0 bridgehead atoms. The van der Waals surface area contributed by atoms with Gasteiger partial charge in [0.05, 0.1) is 5.69 Å². The number of hydrogen-bond acceptors (Lipinski definition) is 5. The topological polar surface area (TPSA) is 92.5 Å². The van der Waals surface area contributed by atoms with Crippen molar-refractivity contribution in [1.29, 1.82) is 0 Å². The van der Waals surface area contributed by atoms with Crippen LogP contribution in [0.25, 0.3) is 22.3 Å². The van der Waals surface area contributed by atoms with Crippen LogP contribution in [-0.4, -0.2) is 19.9 Å². The molecule has 6 heteroatoms. The number of rotatable bonds is 4. The van der Waals surface area contributed by atoms with E-state index in [4.69, 9.17) is 5.73 Å². The third kappa shape index (κ3) is 2.77. The number of nitrogen functional groups attached to an aromatic ring is 1. The SMILES string of the molecule is Nc1cccc(CNc2cc(-c3c[nH]c4ncccc34)ncn2)c1. The van der Waals surface area contributed by atoms with Gasteiger partial charge in [-0.3, -0.25) is 0 Å². The zero-order valence-electron chi connectivity index (χ0n) is 12.9. The number of hydrogen-bond donors (Lipinski definition) is 3. The van der Waals surface area contributed by atoms with Gasteiger partial charge in [0.1, 0.15) is 17.8 Å². The van der Waals surface area contributed by atoms with Gasteiger partial charge in [-0.05, 0) is 29.8 Å². The summed E-state index contributed by atoms with van der Waals surface area (Å²) in [5, 5.41) is 4.35. The van der Waals surface area contributed by atoms with E-state index in [1.807, 2.05) is 48.7 Å². The van der Waals surface area contributed by atoms with Crippen LogP contribution in [0.3, 0.4) is 0 Å². The lowest BCUT2D eigenvalue weighted by molar-refractivity contribution is 1.08. The molecule has 4 aromatic rings. The lowest BCUT2D eigenvalue weighted by atomic mass is 10.1. The van der Waals surface area contributed by atoms with Crippen molar-refractivity contribution in [1.82, 2.24) is 19.9 Å². The number of benzene rings is 1. The molecule has 3 aromatic heterocycles. The van der Waals surface area contributed by atoms with Crippen LogP contribution in [0.15, 0.2) is 61.2 Å². The smallest absolute Gasteiger partial charge is 0.137 e. The normalized spacial score (nSPS) is 10.8. The van der Waals surface area contributed by atoms with Crippen LogP contribution in [0.1, 0.15) is 5.56 Å². The Balaban J connectivity index is 1.60. The Hall–Kier alpha value is -3.41. The summed E-state index contributed by atoms with van der Waals surface area (Å²) in [6.45, 7) is 0.650. The fraction of sp³-hybridized carbons (Fsp3) is 0.0556. The average Bonchev–Trinajstić information content (AvgIpc) is 3.04. The van der Waals surface area contributed by atoms with E-state index in [2.05, 4.69) is 25.3 Å².